The van der Waals surface area contributed by atoms with E-state index < -0.39 is 6.04 Å². The van der Waals surface area contributed by atoms with Gasteiger partial charge in [-0.25, -0.2) is 0 Å². The van der Waals surface area contributed by atoms with Crippen molar-refractivity contribution < 1.29 is 14.3 Å². The maximum absolute atomic E-state index is 13.7. The average Bonchev–Trinajstić information content (AvgIpc) is 2.87. The summed E-state index contributed by atoms with van der Waals surface area (Å²) < 4.78 is 5.98. The fourth-order valence-electron chi connectivity index (χ4n) is 4.05. The lowest BCUT2D eigenvalue weighted by atomic mass is 10.0. The normalized spacial score (nSPS) is 11.7. The molecule has 1 unspecified atom stereocenters. The summed E-state index contributed by atoms with van der Waals surface area (Å²) in [6.45, 7) is 10.9. The van der Waals surface area contributed by atoms with Crippen molar-refractivity contribution in [2.75, 3.05) is 13.2 Å². The van der Waals surface area contributed by atoms with Gasteiger partial charge < -0.3 is 15.0 Å². The van der Waals surface area contributed by atoms with Crippen LogP contribution in [0.3, 0.4) is 0 Å². The summed E-state index contributed by atoms with van der Waals surface area (Å²) in [5.74, 6) is 0.614. The van der Waals surface area contributed by atoms with Gasteiger partial charge in [0.2, 0.25) is 5.91 Å². The zero-order valence-electron chi connectivity index (χ0n) is 22.1. The summed E-state index contributed by atoms with van der Waals surface area (Å²) in [7, 11) is 0. The molecule has 1 atom stereocenters. The highest BCUT2D eigenvalue weighted by Gasteiger charge is 2.31. The Bertz CT molecular complexity index is 1160. The summed E-state index contributed by atoms with van der Waals surface area (Å²) >= 11 is 0. The quantitative estimate of drug-likeness (QED) is 0.395. The third-order valence-electron chi connectivity index (χ3n) is 6.46. The number of carbonyl (C=O) groups is 2. The molecule has 5 nitrogen and oxygen atoms in total. The van der Waals surface area contributed by atoms with Crippen LogP contribution in [0.1, 0.15) is 41.7 Å². The van der Waals surface area contributed by atoms with Gasteiger partial charge in [0.05, 0.1) is 0 Å². The molecule has 5 heteroatoms. The van der Waals surface area contributed by atoms with Crippen LogP contribution in [0, 0.1) is 26.7 Å². The number of benzene rings is 3. The van der Waals surface area contributed by atoms with Crippen molar-refractivity contribution in [3.63, 3.8) is 0 Å². The van der Waals surface area contributed by atoms with E-state index in [1.807, 2.05) is 93.6 Å². The summed E-state index contributed by atoms with van der Waals surface area (Å²) in [5, 5.41) is 3.05. The second-order valence-electron chi connectivity index (χ2n) is 9.78. The first-order valence-electron chi connectivity index (χ1n) is 12.6. The van der Waals surface area contributed by atoms with Gasteiger partial charge in [-0.3, -0.25) is 9.59 Å². The standard InChI is InChI=1S/C31H38N2O3/c1-22(2)19-32-31(35)28(18-26-14-7-6-8-15-26)33(20-27-16-10-9-12-24(27)4)30(34)21-36-29-17-11-13-23(3)25(29)5/h6-17,22,28H,18-21H2,1-5H3,(H,32,35). The Balaban J connectivity index is 1.93. The van der Waals surface area contributed by atoms with Gasteiger partial charge >= 0.3 is 0 Å². The van der Waals surface area contributed by atoms with Gasteiger partial charge in [-0.1, -0.05) is 80.6 Å². The van der Waals surface area contributed by atoms with E-state index in [1.54, 1.807) is 4.90 Å². The Kier molecular flexibility index (Phi) is 9.69. The van der Waals surface area contributed by atoms with Gasteiger partial charge in [0.15, 0.2) is 6.61 Å². The van der Waals surface area contributed by atoms with Crippen LogP contribution in [0.5, 0.6) is 5.75 Å². The van der Waals surface area contributed by atoms with E-state index in [0.29, 0.717) is 31.2 Å². The number of ether oxygens (including phenoxy) is 1. The third kappa shape index (κ3) is 7.45. The van der Waals surface area contributed by atoms with Crippen LogP contribution in [0.2, 0.25) is 0 Å². The first kappa shape index (κ1) is 27.0. The molecule has 0 heterocycles. The minimum atomic E-state index is -0.666. The second kappa shape index (κ2) is 12.9. The van der Waals surface area contributed by atoms with Gasteiger partial charge in [-0.2, -0.15) is 0 Å². The number of rotatable bonds is 11. The minimum absolute atomic E-state index is 0.140. The fourth-order valence-corrected chi connectivity index (χ4v) is 4.05. The molecule has 0 aliphatic carbocycles. The summed E-state index contributed by atoms with van der Waals surface area (Å²) in [6, 6.07) is 23.0. The highest BCUT2D eigenvalue weighted by Crippen LogP contribution is 2.22. The van der Waals surface area contributed by atoms with Crippen molar-refractivity contribution in [2.45, 2.75) is 53.6 Å². The van der Waals surface area contributed by atoms with Crippen molar-refractivity contribution in [3.8, 4) is 5.75 Å². The molecule has 36 heavy (non-hydrogen) atoms. The van der Waals surface area contributed by atoms with Crippen LogP contribution in [0.4, 0.5) is 0 Å². The van der Waals surface area contributed by atoms with Gasteiger partial charge in [-0.15, -0.1) is 0 Å². The highest BCUT2D eigenvalue weighted by molar-refractivity contribution is 5.88. The highest BCUT2D eigenvalue weighted by atomic mass is 16.5. The molecule has 3 aromatic rings. The Morgan fingerprint density at radius 1 is 0.861 bits per heavy atom. The molecule has 2 amide bonds. The summed E-state index contributed by atoms with van der Waals surface area (Å²) in [5.41, 5.74) is 5.19. The van der Waals surface area contributed by atoms with Crippen molar-refractivity contribution in [2.24, 2.45) is 5.92 Å². The van der Waals surface area contributed by atoms with E-state index >= 15 is 0 Å². The number of carbonyl (C=O) groups excluding carboxylic acids is 2. The van der Waals surface area contributed by atoms with Gasteiger partial charge in [-0.05, 0) is 60.6 Å². The predicted octanol–water partition coefficient (Wildman–Crippen LogP) is 5.40. The largest absolute Gasteiger partial charge is 0.483 e. The van der Waals surface area contributed by atoms with Crippen molar-refractivity contribution in [1.29, 1.82) is 0 Å². The molecule has 0 saturated heterocycles. The number of nitrogens with one attached hydrogen (secondary N) is 1. The molecular formula is C31H38N2O3. The van der Waals surface area contributed by atoms with Gasteiger partial charge in [0, 0.05) is 19.5 Å². The predicted molar refractivity (Wildman–Crippen MR) is 145 cm³/mol. The second-order valence-corrected chi connectivity index (χ2v) is 9.78. The lowest BCUT2D eigenvalue weighted by Gasteiger charge is -2.32. The lowest BCUT2D eigenvalue weighted by Crippen LogP contribution is -2.52. The van der Waals surface area contributed by atoms with Crippen LogP contribution in [-0.2, 0) is 22.6 Å². The zero-order chi connectivity index (χ0) is 26.1. The van der Waals surface area contributed by atoms with E-state index in [0.717, 1.165) is 27.8 Å². The molecule has 0 fully saturated rings. The molecule has 0 saturated carbocycles. The first-order chi connectivity index (χ1) is 17.3. The zero-order valence-corrected chi connectivity index (χ0v) is 22.1. The Morgan fingerprint density at radius 3 is 2.22 bits per heavy atom. The van der Waals surface area contributed by atoms with Gasteiger partial charge in [0.25, 0.3) is 5.91 Å². The van der Waals surface area contributed by atoms with E-state index in [9.17, 15) is 9.59 Å². The summed E-state index contributed by atoms with van der Waals surface area (Å²) in [6.07, 6.45) is 0.422. The van der Waals surface area contributed by atoms with Gasteiger partial charge in [0.1, 0.15) is 11.8 Å². The maximum Gasteiger partial charge on any atom is 0.261 e. The monoisotopic (exact) mass is 486 g/mol. The minimum Gasteiger partial charge on any atom is -0.483 e. The Hall–Kier alpha value is -3.60. The van der Waals surface area contributed by atoms with Crippen LogP contribution >= 0.6 is 0 Å². The van der Waals surface area contributed by atoms with Crippen molar-refractivity contribution >= 4 is 11.8 Å². The number of hydrogen-bond acceptors (Lipinski definition) is 3. The molecule has 0 aliphatic heterocycles. The molecule has 1 N–H and O–H groups in total. The molecule has 0 aliphatic rings. The maximum atomic E-state index is 13.7. The topological polar surface area (TPSA) is 58.6 Å². The molecule has 3 rings (SSSR count). The van der Waals surface area contributed by atoms with Crippen LogP contribution < -0.4 is 10.1 Å². The molecule has 0 aromatic heterocycles. The smallest absolute Gasteiger partial charge is 0.261 e. The first-order valence-corrected chi connectivity index (χ1v) is 12.6. The lowest BCUT2D eigenvalue weighted by molar-refractivity contribution is -0.142. The Morgan fingerprint density at radius 2 is 1.53 bits per heavy atom. The van der Waals surface area contributed by atoms with Crippen LogP contribution in [0.15, 0.2) is 72.8 Å². The molecule has 0 spiro atoms. The molecule has 190 valence electrons. The molecule has 0 bridgehead atoms. The van der Waals surface area contributed by atoms with E-state index in [2.05, 4.69) is 19.2 Å². The Labute approximate surface area is 215 Å². The van der Waals surface area contributed by atoms with E-state index in [4.69, 9.17) is 4.74 Å². The number of amides is 2. The number of aryl methyl sites for hydroxylation is 2. The summed E-state index contributed by atoms with van der Waals surface area (Å²) in [4.78, 5) is 28.9. The van der Waals surface area contributed by atoms with Crippen LogP contribution in [-0.4, -0.2) is 35.9 Å². The van der Waals surface area contributed by atoms with Crippen molar-refractivity contribution in [3.05, 3.63) is 101 Å². The SMILES string of the molecule is Cc1ccccc1CN(C(=O)COc1cccc(C)c1C)C(Cc1ccccc1)C(=O)NCC(C)C. The molecule has 3 aromatic carbocycles. The number of hydrogen-bond donors (Lipinski definition) is 1. The third-order valence-corrected chi connectivity index (χ3v) is 6.46. The number of nitrogens with zero attached hydrogens (tertiary/aromatic N) is 1. The van der Waals surface area contributed by atoms with E-state index in [1.165, 1.54) is 0 Å². The molecule has 0 radical (unpaired) electrons. The van der Waals surface area contributed by atoms with E-state index in [-0.39, 0.29) is 18.4 Å². The van der Waals surface area contributed by atoms with Crippen molar-refractivity contribution in [1.82, 2.24) is 10.2 Å². The fraction of sp³-hybridized carbons (Fsp3) is 0.355. The molecular weight excluding hydrogens is 448 g/mol. The average molecular weight is 487 g/mol. The van der Waals surface area contributed by atoms with Crippen LogP contribution in [0.25, 0.3) is 0 Å².